The van der Waals surface area contributed by atoms with Crippen LogP contribution in [-0.2, 0) is 9.53 Å². The molecule has 0 aliphatic heterocycles. The van der Waals surface area contributed by atoms with Crippen LogP contribution in [0.3, 0.4) is 0 Å². The highest BCUT2D eigenvalue weighted by atomic mass is 16.6. The molecule has 0 aliphatic rings. The van der Waals surface area contributed by atoms with Crippen LogP contribution in [0.5, 0.6) is 0 Å². The first-order chi connectivity index (χ1) is 7.97. The van der Waals surface area contributed by atoms with Gasteiger partial charge in [0.15, 0.2) is 0 Å². The number of hydrogen-bond acceptors (Lipinski definition) is 3. The average molecular weight is 259 g/mol. The molecule has 1 amide bonds. The quantitative estimate of drug-likeness (QED) is 0.796. The van der Waals surface area contributed by atoms with Crippen LogP contribution in [0.15, 0.2) is 0 Å². The number of aliphatic carboxylic acids is 1. The number of carboxylic acids is 1. The van der Waals surface area contributed by atoms with Crippen LogP contribution >= 0.6 is 0 Å². The van der Waals surface area contributed by atoms with E-state index in [0.29, 0.717) is 6.42 Å². The summed E-state index contributed by atoms with van der Waals surface area (Å²) in [6, 6.07) is -0.921. The van der Waals surface area contributed by atoms with Gasteiger partial charge in [0.2, 0.25) is 0 Å². The second-order valence-electron chi connectivity index (χ2n) is 6.26. The molecule has 0 aromatic carbocycles. The number of ether oxygens (including phenoxy) is 1. The summed E-state index contributed by atoms with van der Waals surface area (Å²) in [5, 5.41) is 11.5. The molecule has 0 unspecified atom stereocenters. The topological polar surface area (TPSA) is 75.6 Å². The van der Waals surface area contributed by atoms with Crippen molar-refractivity contribution in [3.05, 3.63) is 0 Å². The Morgan fingerprint density at radius 1 is 1.22 bits per heavy atom. The normalized spacial score (nSPS) is 13.9. The van der Waals surface area contributed by atoms with Crippen molar-refractivity contribution in [2.24, 2.45) is 5.41 Å². The highest BCUT2D eigenvalue weighted by Crippen LogP contribution is 2.26. The van der Waals surface area contributed by atoms with E-state index in [1.54, 1.807) is 20.8 Å². The summed E-state index contributed by atoms with van der Waals surface area (Å²) >= 11 is 0. The van der Waals surface area contributed by atoms with Crippen LogP contribution in [-0.4, -0.2) is 28.8 Å². The molecule has 0 saturated carbocycles. The van der Waals surface area contributed by atoms with E-state index in [1.165, 1.54) is 0 Å². The maximum atomic E-state index is 11.6. The molecule has 0 spiro atoms. The van der Waals surface area contributed by atoms with Gasteiger partial charge in [-0.15, -0.1) is 0 Å². The fourth-order valence-electron chi connectivity index (χ4n) is 1.35. The van der Waals surface area contributed by atoms with Gasteiger partial charge in [0.25, 0.3) is 0 Å². The van der Waals surface area contributed by atoms with Crippen LogP contribution in [0.1, 0.15) is 54.4 Å². The zero-order chi connectivity index (χ0) is 14.6. The third-order valence-corrected chi connectivity index (χ3v) is 2.70. The molecule has 0 aromatic heterocycles. The van der Waals surface area contributed by atoms with Crippen LogP contribution < -0.4 is 5.32 Å². The number of hydrogen-bond donors (Lipinski definition) is 2. The van der Waals surface area contributed by atoms with Crippen molar-refractivity contribution in [1.82, 2.24) is 5.32 Å². The molecule has 0 fully saturated rings. The lowest BCUT2D eigenvalue weighted by atomic mass is 9.83. The number of carbonyl (C=O) groups is 2. The Balaban J connectivity index is 4.56. The van der Waals surface area contributed by atoms with E-state index in [0.717, 1.165) is 6.42 Å². The van der Waals surface area contributed by atoms with Crippen molar-refractivity contribution in [1.29, 1.82) is 0 Å². The summed E-state index contributed by atoms with van der Waals surface area (Å²) in [4.78, 5) is 22.7. The Morgan fingerprint density at radius 2 is 1.72 bits per heavy atom. The van der Waals surface area contributed by atoms with Gasteiger partial charge in [-0.05, 0) is 32.6 Å². The highest BCUT2D eigenvalue weighted by Gasteiger charge is 2.29. The minimum atomic E-state index is -1.04. The van der Waals surface area contributed by atoms with Gasteiger partial charge in [-0.1, -0.05) is 27.2 Å². The standard InChI is InChI=1S/C13H25NO4/c1-7-13(5,6)8-9(10(15)16)14-11(17)18-12(2,3)4/h9H,7-8H2,1-6H3,(H,14,17)(H,15,16)/t9-/m1/s1. The number of alkyl carbamates (subject to hydrolysis) is 1. The lowest BCUT2D eigenvalue weighted by Gasteiger charge is -2.28. The summed E-state index contributed by atoms with van der Waals surface area (Å²) < 4.78 is 5.05. The Labute approximate surface area is 109 Å². The molecule has 0 radical (unpaired) electrons. The highest BCUT2D eigenvalue weighted by molar-refractivity contribution is 5.80. The molecule has 0 rings (SSSR count). The summed E-state index contributed by atoms with van der Waals surface area (Å²) in [5.74, 6) is -1.04. The fraction of sp³-hybridized carbons (Fsp3) is 0.846. The van der Waals surface area contributed by atoms with Crippen molar-refractivity contribution in [2.75, 3.05) is 0 Å². The van der Waals surface area contributed by atoms with Crippen LogP contribution in [0, 0.1) is 5.41 Å². The second kappa shape index (κ2) is 6.07. The lowest BCUT2D eigenvalue weighted by molar-refractivity contribution is -0.140. The van der Waals surface area contributed by atoms with Crippen LogP contribution in [0.25, 0.3) is 0 Å². The van der Waals surface area contributed by atoms with Gasteiger partial charge in [-0.3, -0.25) is 0 Å². The molecule has 0 heterocycles. The van der Waals surface area contributed by atoms with Gasteiger partial charge in [-0.2, -0.15) is 0 Å². The van der Waals surface area contributed by atoms with E-state index >= 15 is 0 Å². The van der Waals surface area contributed by atoms with Gasteiger partial charge in [0.1, 0.15) is 11.6 Å². The lowest BCUT2D eigenvalue weighted by Crippen LogP contribution is -2.45. The predicted molar refractivity (Wildman–Crippen MR) is 69.5 cm³/mol. The Bertz CT molecular complexity index is 305. The van der Waals surface area contributed by atoms with E-state index in [4.69, 9.17) is 9.84 Å². The average Bonchev–Trinajstić information content (AvgIpc) is 2.13. The van der Waals surface area contributed by atoms with Crippen LogP contribution in [0.4, 0.5) is 4.79 Å². The first-order valence-electron chi connectivity index (χ1n) is 6.19. The second-order valence-corrected chi connectivity index (χ2v) is 6.26. The van der Waals surface area contributed by atoms with Gasteiger partial charge in [0, 0.05) is 0 Å². The molecule has 0 aliphatic carbocycles. The Hall–Kier alpha value is -1.26. The molecule has 5 nitrogen and oxygen atoms in total. The third kappa shape index (κ3) is 7.14. The number of rotatable bonds is 5. The summed E-state index contributed by atoms with van der Waals surface area (Å²) in [5.41, 5.74) is -0.772. The summed E-state index contributed by atoms with van der Waals surface area (Å²) in [7, 11) is 0. The van der Waals surface area contributed by atoms with Gasteiger partial charge in [-0.25, -0.2) is 9.59 Å². The Kier molecular flexibility index (Phi) is 5.64. The maximum Gasteiger partial charge on any atom is 0.408 e. The molecule has 106 valence electrons. The zero-order valence-electron chi connectivity index (χ0n) is 12.2. The molecular weight excluding hydrogens is 234 g/mol. The molecule has 0 saturated heterocycles. The minimum Gasteiger partial charge on any atom is -0.480 e. The monoisotopic (exact) mass is 259 g/mol. The maximum absolute atomic E-state index is 11.6. The molecule has 2 N–H and O–H groups in total. The number of carboxylic acid groups (broad SMARTS) is 1. The van der Waals surface area contributed by atoms with Crippen molar-refractivity contribution >= 4 is 12.1 Å². The molecule has 5 heteroatoms. The van der Waals surface area contributed by atoms with Crippen molar-refractivity contribution in [3.8, 4) is 0 Å². The largest absolute Gasteiger partial charge is 0.480 e. The van der Waals surface area contributed by atoms with E-state index in [1.807, 2.05) is 20.8 Å². The van der Waals surface area contributed by atoms with E-state index in [9.17, 15) is 9.59 Å². The molecule has 18 heavy (non-hydrogen) atoms. The predicted octanol–water partition coefficient (Wildman–Crippen LogP) is 2.79. The number of carbonyl (C=O) groups excluding carboxylic acids is 1. The molecule has 0 bridgehead atoms. The first-order valence-corrected chi connectivity index (χ1v) is 6.19. The van der Waals surface area contributed by atoms with Gasteiger partial charge >= 0.3 is 12.1 Å². The van der Waals surface area contributed by atoms with Crippen molar-refractivity contribution < 1.29 is 19.4 Å². The van der Waals surface area contributed by atoms with Crippen molar-refractivity contribution in [2.45, 2.75) is 66.0 Å². The third-order valence-electron chi connectivity index (χ3n) is 2.70. The summed E-state index contributed by atoms with van der Waals surface area (Å²) in [6.45, 7) is 11.1. The minimum absolute atomic E-state index is 0.141. The fourth-order valence-corrected chi connectivity index (χ4v) is 1.35. The smallest absolute Gasteiger partial charge is 0.408 e. The van der Waals surface area contributed by atoms with E-state index < -0.39 is 23.7 Å². The van der Waals surface area contributed by atoms with E-state index in [-0.39, 0.29) is 5.41 Å². The van der Waals surface area contributed by atoms with Crippen LogP contribution in [0.2, 0.25) is 0 Å². The van der Waals surface area contributed by atoms with E-state index in [2.05, 4.69) is 5.32 Å². The molecule has 1 atom stereocenters. The molecule has 0 aromatic rings. The van der Waals surface area contributed by atoms with Crippen molar-refractivity contribution in [3.63, 3.8) is 0 Å². The zero-order valence-corrected chi connectivity index (χ0v) is 12.2. The first kappa shape index (κ1) is 16.7. The SMILES string of the molecule is CCC(C)(C)C[C@@H](NC(=O)OC(C)(C)C)C(=O)O. The van der Waals surface area contributed by atoms with Gasteiger partial charge < -0.3 is 15.2 Å². The summed E-state index contributed by atoms with van der Waals surface area (Å²) in [6.07, 6.45) is 0.520. The number of nitrogens with one attached hydrogen (secondary N) is 1. The number of amides is 1. The molecular formula is C13H25NO4. The Morgan fingerprint density at radius 3 is 2.06 bits per heavy atom. The van der Waals surface area contributed by atoms with Gasteiger partial charge in [0.05, 0.1) is 0 Å².